The number of anilines is 1. The highest BCUT2D eigenvalue weighted by molar-refractivity contribution is 9.10. The number of aryl methyl sites for hydroxylation is 2. The molecule has 0 spiro atoms. The van der Waals surface area contributed by atoms with Gasteiger partial charge in [0.25, 0.3) is 10.0 Å². The maximum absolute atomic E-state index is 12.0. The fraction of sp³-hybridized carbons (Fsp3) is 0.200. The van der Waals surface area contributed by atoms with Crippen LogP contribution >= 0.6 is 15.9 Å². The molecule has 0 unspecified atom stereocenters. The fourth-order valence-electron chi connectivity index (χ4n) is 1.36. The smallest absolute Gasteiger partial charge is 0.280 e. The Morgan fingerprint density at radius 1 is 1.28 bits per heavy atom. The number of hydrogen-bond acceptors (Lipinski definition) is 4. The van der Waals surface area contributed by atoms with E-state index in [4.69, 9.17) is 0 Å². The summed E-state index contributed by atoms with van der Waals surface area (Å²) in [4.78, 5) is 10.6. The van der Waals surface area contributed by atoms with Gasteiger partial charge in [-0.05, 0) is 41.4 Å². The molecule has 96 valence electrons. The summed E-state index contributed by atoms with van der Waals surface area (Å²) >= 11 is 3.27. The second-order valence-electron chi connectivity index (χ2n) is 3.76. The van der Waals surface area contributed by atoms with Gasteiger partial charge in [-0.15, -0.1) is 0 Å². The summed E-state index contributed by atoms with van der Waals surface area (Å²) in [7, 11) is -3.67. The summed E-state index contributed by atoms with van der Waals surface area (Å²) < 4.78 is 27.2. The molecule has 0 aliphatic carbocycles. The Bertz CT molecular complexity index is 681. The Morgan fingerprint density at radius 3 is 2.56 bits per heavy atom. The Kier molecular flexibility index (Phi) is 3.40. The topological polar surface area (TPSA) is 87.7 Å². The van der Waals surface area contributed by atoms with E-state index in [9.17, 15) is 8.42 Å². The molecule has 8 heteroatoms. The molecule has 0 saturated heterocycles. The SMILES string of the molecule is Cc1ncc(S(=O)(=O)Nc2ncc(Br)cc2C)[nH]1. The Labute approximate surface area is 113 Å². The van der Waals surface area contributed by atoms with Crippen LogP contribution in [-0.4, -0.2) is 23.4 Å². The van der Waals surface area contributed by atoms with Crippen molar-refractivity contribution in [1.29, 1.82) is 0 Å². The number of pyridine rings is 1. The van der Waals surface area contributed by atoms with Gasteiger partial charge in [0.05, 0.1) is 6.20 Å². The number of halogens is 1. The van der Waals surface area contributed by atoms with E-state index in [0.717, 1.165) is 10.0 Å². The quantitative estimate of drug-likeness (QED) is 0.900. The lowest BCUT2D eigenvalue weighted by Gasteiger charge is -2.08. The van der Waals surface area contributed by atoms with Crippen molar-refractivity contribution in [1.82, 2.24) is 15.0 Å². The molecule has 0 aliphatic rings. The second kappa shape index (κ2) is 4.69. The van der Waals surface area contributed by atoms with E-state index in [2.05, 4.69) is 35.6 Å². The number of aromatic amines is 1. The first kappa shape index (κ1) is 13.0. The van der Waals surface area contributed by atoms with E-state index < -0.39 is 10.0 Å². The lowest BCUT2D eigenvalue weighted by molar-refractivity contribution is 0.598. The third-order valence-corrected chi connectivity index (χ3v) is 3.93. The maximum Gasteiger partial charge on any atom is 0.280 e. The van der Waals surface area contributed by atoms with E-state index in [1.807, 2.05) is 0 Å². The van der Waals surface area contributed by atoms with Gasteiger partial charge in [0.1, 0.15) is 11.6 Å². The molecule has 0 aromatic carbocycles. The molecule has 2 rings (SSSR count). The highest BCUT2D eigenvalue weighted by Gasteiger charge is 2.18. The highest BCUT2D eigenvalue weighted by Crippen LogP contribution is 2.19. The third-order valence-electron chi connectivity index (χ3n) is 2.25. The van der Waals surface area contributed by atoms with Gasteiger partial charge in [-0.3, -0.25) is 4.72 Å². The number of imidazole rings is 1. The van der Waals surface area contributed by atoms with Gasteiger partial charge in [0.15, 0.2) is 5.03 Å². The van der Waals surface area contributed by atoms with Gasteiger partial charge in [0, 0.05) is 10.7 Å². The zero-order chi connectivity index (χ0) is 13.3. The van der Waals surface area contributed by atoms with E-state index in [1.54, 1.807) is 19.9 Å². The number of H-pyrrole nitrogens is 1. The molecule has 0 bridgehead atoms. The van der Waals surface area contributed by atoms with E-state index in [-0.39, 0.29) is 5.03 Å². The number of nitrogens with zero attached hydrogens (tertiary/aromatic N) is 2. The fourth-order valence-corrected chi connectivity index (χ4v) is 2.86. The zero-order valence-corrected chi connectivity index (χ0v) is 12.1. The van der Waals surface area contributed by atoms with Crippen LogP contribution in [0.2, 0.25) is 0 Å². The predicted octanol–water partition coefficient (Wildman–Crippen LogP) is 1.98. The Hall–Kier alpha value is -1.41. The summed E-state index contributed by atoms with van der Waals surface area (Å²) in [6.07, 6.45) is 2.80. The lowest BCUT2D eigenvalue weighted by Crippen LogP contribution is -2.15. The minimum absolute atomic E-state index is 0.0177. The predicted molar refractivity (Wildman–Crippen MR) is 70.8 cm³/mol. The van der Waals surface area contributed by atoms with Crippen molar-refractivity contribution in [3.05, 3.63) is 34.3 Å². The normalized spacial score (nSPS) is 11.5. The number of sulfonamides is 1. The molecule has 18 heavy (non-hydrogen) atoms. The monoisotopic (exact) mass is 330 g/mol. The van der Waals surface area contributed by atoms with Crippen molar-refractivity contribution in [3.63, 3.8) is 0 Å². The van der Waals surface area contributed by atoms with Gasteiger partial charge >= 0.3 is 0 Å². The molecule has 0 radical (unpaired) electrons. The maximum atomic E-state index is 12.0. The summed E-state index contributed by atoms with van der Waals surface area (Å²) in [5.41, 5.74) is 0.726. The molecule has 0 aliphatic heterocycles. The van der Waals surface area contributed by atoms with E-state index >= 15 is 0 Å². The highest BCUT2D eigenvalue weighted by atomic mass is 79.9. The van der Waals surface area contributed by atoms with Crippen LogP contribution in [0.3, 0.4) is 0 Å². The first-order valence-electron chi connectivity index (χ1n) is 5.05. The van der Waals surface area contributed by atoms with Crippen molar-refractivity contribution < 1.29 is 8.42 Å². The average molecular weight is 331 g/mol. The number of aromatic nitrogens is 3. The standard InChI is InChI=1S/C10H11BrN4O2S/c1-6-3-8(11)4-13-10(6)15-18(16,17)9-5-12-7(2)14-9/h3-5H,1-2H3,(H,12,14)(H,13,15). The minimum atomic E-state index is -3.67. The van der Waals surface area contributed by atoms with Crippen molar-refractivity contribution in [2.24, 2.45) is 0 Å². The van der Waals surface area contributed by atoms with Gasteiger partial charge in [-0.2, -0.15) is 8.42 Å². The molecule has 0 fully saturated rings. The molecule has 2 N–H and O–H groups in total. The molecule has 6 nitrogen and oxygen atoms in total. The van der Waals surface area contributed by atoms with Gasteiger partial charge < -0.3 is 4.98 Å². The Balaban J connectivity index is 2.33. The van der Waals surface area contributed by atoms with Crippen molar-refractivity contribution in [3.8, 4) is 0 Å². The van der Waals surface area contributed by atoms with Crippen LogP contribution in [0.4, 0.5) is 5.82 Å². The van der Waals surface area contributed by atoms with Gasteiger partial charge in [-0.1, -0.05) is 0 Å². The first-order valence-corrected chi connectivity index (χ1v) is 7.33. The summed E-state index contributed by atoms with van der Waals surface area (Å²) in [6, 6.07) is 1.78. The molecular weight excluding hydrogens is 320 g/mol. The number of nitrogens with one attached hydrogen (secondary N) is 2. The largest absolute Gasteiger partial charge is 0.332 e. The zero-order valence-electron chi connectivity index (χ0n) is 9.73. The molecular formula is C10H11BrN4O2S. The molecule has 2 aromatic rings. The van der Waals surface area contributed by atoms with Crippen molar-refractivity contribution in [2.45, 2.75) is 18.9 Å². The van der Waals surface area contributed by atoms with Crippen LogP contribution in [-0.2, 0) is 10.0 Å². The lowest BCUT2D eigenvalue weighted by atomic mass is 10.3. The van der Waals surface area contributed by atoms with Crippen LogP contribution in [0.15, 0.2) is 28.0 Å². The molecule has 0 amide bonds. The van der Waals surface area contributed by atoms with E-state index in [1.165, 1.54) is 12.4 Å². The summed E-state index contributed by atoms with van der Waals surface area (Å²) in [5.74, 6) is 0.835. The average Bonchev–Trinajstić information content (AvgIpc) is 2.70. The van der Waals surface area contributed by atoms with Crippen LogP contribution in [0.1, 0.15) is 11.4 Å². The van der Waals surface area contributed by atoms with Crippen LogP contribution < -0.4 is 4.72 Å². The first-order chi connectivity index (χ1) is 8.38. The van der Waals surface area contributed by atoms with Crippen LogP contribution in [0.5, 0.6) is 0 Å². The van der Waals surface area contributed by atoms with E-state index in [0.29, 0.717) is 11.6 Å². The molecule has 2 heterocycles. The Morgan fingerprint density at radius 2 is 2.00 bits per heavy atom. The third kappa shape index (κ3) is 2.70. The van der Waals surface area contributed by atoms with Crippen molar-refractivity contribution >= 4 is 31.8 Å². The van der Waals surface area contributed by atoms with Crippen molar-refractivity contribution in [2.75, 3.05) is 4.72 Å². The molecule has 0 saturated carbocycles. The molecule has 2 aromatic heterocycles. The molecule has 0 atom stereocenters. The van der Waals surface area contributed by atoms with Crippen LogP contribution in [0, 0.1) is 13.8 Å². The van der Waals surface area contributed by atoms with Gasteiger partial charge in [-0.25, -0.2) is 9.97 Å². The van der Waals surface area contributed by atoms with Crippen LogP contribution in [0.25, 0.3) is 0 Å². The summed E-state index contributed by atoms with van der Waals surface area (Å²) in [5, 5.41) is 0.0177. The van der Waals surface area contributed by atoms with Gasteiger partial charge in [0.2, 0.25) is 0 Å². The second-order valence-corrected chi connectivity index (χ2v) is 6.32. The number of hydrogen-bond donors (Lipinski definition) is 2. The minimum Gasteiger partial charge on any atom is -0.332 e. The number of rotatable bonds is 3. The summed E-state index contributed by atoms with van der Waals surface area (Å²) in [6.45, 7) is 3.45.